The fraction of sp³-hybridized carbons (Fsp3) is 0.250. The van der Waals surface area contributed by atoms with Crippen LogP contribution in [0.4, 0.5) is 9.52 Å². The Hall–Kier alpha value is -3.39. The van der Waals surface area contributed by atoms with Crippen LogP contribution in [-0.4, -0.2) is 27.0 Å². The van der Waals surface area contributed by atoms with Crippen LogP contribution in [0, 0.1) is 12.7 Å². The van der Waals surface area contributed by atoms with E-state index in [0.29, 0.717) is 10.6 Å². The van der Waals surface area contributed by atoms with E-state index in [1.165, 1.54) is 40.5 Å². The number of anilines is 1. The maximum Gasteiger partial charge on any atom is 0.301 e. The van der Waals surface area contributed by atoms with Gasteiger partial charge >= 0.3 is 5.91 Å². The second kappa shape index (κ2) is 7.94. The molecule has 6 nitrogen and oxygen atoms in total. The zero-order valence-corrected chi connectivity index (χ0v) is 18.9. The first kappa shape index (κ1) is 21.8. The molecule has 3 aromatic rings. The number of rotatable bonds is 3. The molecule has 1 aliphatic rings. The zero-order chi connectivity index (χ0) is 23.2. The molecule has 0 aliphatic carbocycles. The molecule has 0 radical (unpaired) electrons. The topological polar surface area (TPSA) is 83.4 Å². The van der Waals surface area contributed by atoms with Crippen molar-refractivity contribution in [1.29, 1.82) is 0 Å². The van der Waals surface area contributed by atoms with Crippen LogP contribution in [0.3, 0.4) is 0 Å². The van der Waals surface area contributed by atoms with Gasteiger partial charge in [-0.15, -0.1) is 10.2 Å². The fourth-order valence-corrected chi connectivity index (χ4v) is 4.37. The molecule has 1 amide bonds. The number of Topliss-reactive ketones (excluding diaryl/α,β-unsaturated/α-hetero) is 1. The number of aryl methyl sites for hydroxylation is 1. The van der Waals surface area contributed by atoms with E-state index in [1.807, 2.05) is 24.3 Å². The van der Waals surface area contributed by atoms with Crippen LogP contribution in [0.5, 0.6) is 0 Å². The van der Waals surface area contributed by atoms with Crippen molar-refractivity contribution < 1.29 is 19.1 Å². The van der Waals surface area contributed by atoms with Crippen molar-refractivity contribution in [2.75, 3.05) is 4.90 Å². The number of aliphatic hydroxyl groups is 1. The summed E-state index contributed by atoms with van der Waals surface area (Å²) in [5.41, 5.74) is 1.83. The van der Waals surface area contributed by atoms with Crippen LogP contribution in [0.15, 0.2) is 54.1 Å². The second-order valence-corrected chi connectivity index (χ2v) is 9.81. The van der Waals surface area contributed by atoms with Gasteiger partial charge in [0.15, 0.2) is 0 Å². The van der Waals surface area contributed by atoms with Crippen molar-refractivity contribution in [2.24, 2.45) is 0 Å². The average molecular weight is 452 g/mol. The third kappa shape index (κ3) is 3.82. The number of amides is 1. The molecule has 2 aromatic carbocycles. The third-order valence-electron chi connectivity index (χ3n) is 5.38. The van der Waals surface area contributed by atoms with E-state index in [-0.39, 0.29) is 27.4 Å². The molecule has 164 valence electrons. The molecule has 32 heavy (non-hydrogen) atoms. The van der Waals surface area contributed by atoms with Gasteiger partial charge in [-0.05, 0) is 47.7 Å². The Morgan fingerprint density at radius 1 is 1.03 bits per heavy atom. The van der Waals surface area contributed by atoms with Gasteiger partial charge in [0.25, 0.3) is 5.78 Å². The van der Waals surface area contributed by atoms with Crippen LogP contribution in [0.2, 0.25) is 0 Å². The first-order chi connectivity index (χ1) is 15.1. The first-order valence-corrected chi connectivity index (χ1v) is 10.9. The van der Waals surface area contributed by atoms with Crippen LogP contribution in [0.1, 0.15) is 48.5 Å². The lowest BCUT2D eigenvalue weighted by Crippen LogP contribution is -2.29. The maximum absolute atomic E-state index is 13.4. The Bertz CT molecular complexity index is 1220. The van der Waals surface area contributed by atoms with E-state index in [4.69, 9.17) is 0 Å². The van der Waals surface area contributed by atoms with Crippen molar-refractivity contribution in [3.05, 3.63) is 81.6 Å². The van der Waals surface area contributed by atoms with E-state index >= 15 is 0 Å². The molecule has 1 fully saturated rings. The molecule has 0 saturated carbocycles. The lowest BCUT2D eigenvalue weighted by atomic mass is 9.85. The molecule has 1 aromatic heterocycles. The van der Waals surface area contributed by atoms with Gasteiger partial charge in [0.05, 0.1) is 11.6 Å². The highest BCUT2D eigenvalue weighted by Gasteiger charge is 2.48. The maximum atomic E-state index is 13.4. The Morgan fingerprint density at radius 2 is 1.66 bits per heavy atom. The molecule has 1 saturated heterocycles. The van der Waals surface area contributed by atoms with E-state index in [0.717, 1.165) is 5.56 Å². The molecule has 0 spiro atoms. The van der Waals surface area contributed by atoms with Gasteiger partial charge in [-0.25, -0.2) is 4.39 Å². The summed E-state index contributed by atoms with van der Waals surface area (Å²) in [7, 11) is 0. The summed E-state index contributed by atoms with van der Waals surface area (Å²) >= 11 is 1.18. The summed E-state index contributed by atoms with van der Waals surface area (Å²) in [6, 6.07) is 11.8. The van der Waals surface area contributed by atoms with E-state index in [1.54, 1.807) is 6.92 Å². The number of carbonyl (C=O) groups is 2. The Kier molecular flexibility index (Phi) is 5.42. The predicted molar refractivity (Wildman–Crippen MR) is 121 cm³/mol. The quantitative estimate of drug-likeness (QED) is 0.348. The number of nitrogens with zero attached hydrogens (tertiary/aromatic N) is 3. The average Bonchev–Trinajstić information content (AvgIpc) is 3.28. The van der Waals surface area contributed by atoms with Gasteiger partial charge in [-0.3, -0.25) is 14.5 Å². The number of ketones is 1. The highest BCUT2D eigenvalue weighted by Crippen LogP contribution is 2.43. The zero-order valence-electron chi connectivity index (χ0n) is 18.1. The normalized spacial score (nSPS) is 18.4. The lowest BCUT2D eigenvalue weighted by molar-refractivity contribution is -0.132. The molecular formula is C24H22FN3O3S. The molecule has 2 heterocycles. The smallest absolute Gasteiger partial charge is 0.301 e. The second-order valence-electron chi connectivity index (χ2n) is 8.65. The van der Waals surface area contributed by atoms with Gasteiger partial charge in [0.2, 0.25) is 5.13 Å². The van der Waals surface area contributed by atoms with Crippen molar-refractivity contribution in [3.63, 3.8) is 0 Å². The van der Waals surface area contributed by atoms with Crippen LogP contribution < -0.4 is 4.90 Å². The van der Waals surface area contributed by atoms with Crippen molar-refractivity contribution in [3.8, 4) is 0 Å². The van der Waals surface area contributed by atoms with Gasteiger partial charge in [0, 0.05) is 5.56 Å². The summed E-state index contributed by atoms with van der Waals surface area (Å²) in [6.07, 6.45) is 0. The summed E-state index contributed by atoms with van der Waals surface area (Å²) in [6.45, 7) is 8.02. The summed E-state index contributed by atoms with van der Waals surface area (Å²) in [5.74, 6) is -2.46. The van der Waals surface area contributed by atoms with Gasteiger partial charge in [-0.1, -0.05) is 56.4 Å². The van der Waals surface area contributed by atoms with E-state index in [9.17, 15) is 19.1 Å². The molecule has 0 unspecified atom stereocenters. The Morgan fingerprint density at radius 3 is 2.19 bits per heavy atom. The largest absolute Gasteiger partial charge is 0.507 e. The van der Waals surface area contributed by atoms with Crippen LogP contribution in [-0.2, 0) is 15.0 Å². The Labute approximate surface area is 189 Å². The number of carbonyl (C=O) groups excluding carboxylic acids is 2. The van der Waals surface area contributed by atoms with Crippen molar-refractivity contribution in [2.45, 2.75) is 39.2 Å². The lowest BCUT2D eigenvalue weighted by Gasteiger charge is -2.24. The molecule has 4 rings (SSSR count). The minimum Gasteiger partial charge on any atom is -0.507 e. The van der Waals surface area contributed by atoms with E-state index < -0.39 is 23.5 Å². The number of hydrogen-bond acceptors (Lipinski definition) is 6. The minimum atomic E-state index is -0.888. The summed E-state index contributed by atoms with van der Waals surface area (Å²) in [4.78, 5) is 27.4. The molecule has 1 aliphatic heterocycles. The highest BCUT2D eigenvalue weighted by molar-refractivity contribution is 7.15. The standard InChI is InChI=1S/C24H22FN3O3S/c1-13-26-27-23(32-13)28-19(14-5-9-16(10-6-14)24(2,3)4)18(21(30)22(28)31)20(29)15-7-11-17(25)12-8-15/h5-12,19,29H,1-4H3/b20-18+/t19-/m0/s1. The number of hydrogen-bond donors (Lipinski definition) is 1. The number of aromatic nitrogens is 2. The molecule has 0 bridgehead atoms. The highest BCUT2D eigenvalue weighted by atomic mass is 32.1. The molecule has 1 N–H and O–H groups in total. The van der Waals surface area contributed by atoms with Crippen LogP contribution >= 0.6 is 11.3 Å². The third-order valence-corrected chi connectivity index (χ3v) is 6.21. The first-order valence-electron chi connectivity index (χ1n) is 10.1. The monoisotopic (exact) mass is 451 g/mol. The molecular weight excluding hydrogens is 429 g/mol. The predicted octanol–water partition coefficient (Wildman–Crippen LogP) is 4.91. The van der Waals surface area contributed by atoms with Gasteiger partial charge in [-0.2, -0.15) is 0 Å². The van der Waals surface area contributed by atoms with Crippen LogP contribution in [0.25, 0.3) is 5.76 Å². The molecule has 8 heteroatoms. The Balaban J connectivity index is 1.91. The number of aliphatic hydroxyl groups excluding tert-OH is 1. The summed E-state index contributed by atoms with van der Waals surface area (Å²) in [5, 5.41) is 20.0. The number of halogens is 1. The minimum absolute atomic E-state index is 0.0713. The SMILES string of the molecule is Cc1nnc(N2C(=O)C(=O)/C(=C(/O)c3ccc(F)cc3)[C@@H]2c2ccc(C(C)(C)C)cc2)s1. The summed E-state index contributed by atoms with van der Waals surface area (Å²) < 4.78 is 13.4. The number of benzene rings is 2. The van der Waals surface area contributed by atoms with Gasteiger partial charge in [0.1, 0.15) is 16.6 Å². The van der Waals surface area contributed by atoms with Crippen molar-refractivity contribution in [1.82, 2.24) is 10.2 Å². The van der Waals surface area contributed by atoms with Gasteiger partial charge < -0.3 is 5.11 Å². The fourth-order valence-electron chi connectivity index (χ4n) is 3.66. The molecule has 1 atom stereocenters. The van der Waals surface area contributed by atoms with E-state index in [2.05, 4.69) is 31.0 Å². The van der Waals surface area contributed by atoms with Crippen molar-refractivity contribution >= 4 is 33.9 Å².